The highest BCUT2D eigenvalue weighted by Gasteiger charge is 2.05. The highest BCUT2D eigenvalue weighted by atomic mass is 16.1. The molecule has 5 nitrogen and oxygen atoms in total. The summed E-state index contributed by atoms with van der Waals surface area (Å²) in [6.45, 7) is 0.605. The number of nitrogens with two attached hydrogens (primary N) is 1. The summed E-state index contributed by atoms with van der Waals surface area (Å²) in [5, 5.41) is 3.32. The normalized spacial score (nSPS) is 10.1. The van der Waals surface area contributed by atoms with E-state index in [1.165, 1.54) is 0 Å². The molecule has 1 amide bonds. The smallest absolute Gasteiger partial charge is 0.248 e. The first-order valence-electron chi connectivity index (χ1n) is 6.33. The highest BCUT2D eigenvalue weighted by molar-refractivity contribution is 5.92. The van der Waals surface area contributed by atoms with Gasteiger partial charge in [-0.25, -0.2) is 4.98 Å². The molecule has 0 saturated carbocycles. The van der Waals surface area contributed by atoms with Crippen LogP contribution in [0.2, 0.25) is 0 Å². The van der Waals surface area contributed by atoms with Gasteiger partial charge in [-0.2, -0.15) is 0 Å². The van der Waals surface area contributed by atoms with Gasteiger partial charge in [-0.3, -0.25) is 4.79 Å². The maximum Gasteiger partial charge on any atom is 0.248 e. The maximum atomic E-state index is 11.2. The van der Waals surface area contributed by atoms with Crippen LogP contribution in [0.15, 0.2) is 42.6 Å². The van der Waals surface area contributed by atoms with E-state index >= 15 is 0 Å². The Bertz CT molecular complexity index is 610. The molecule has 0 aliphatic heterocycles. The van der Waals surface area contributed by atoms with E-state index in [4.69, 9.17) is 5.73 Å². The Hall–Kier alpha value is -2.56. The summed E-state index contributed by atoms with van der Waals surface area (Å²) in [5.74, 6) is 0.459. The minimum Gasteiger partial charge on any atom is -0.378 e. The molecule has 0 spiro atoms. The molecule has 0 unspecified atom stereocenters. The first-order chi connectivity index (χ1) is 9.58. The van der Waals surface area contributed by atoms with E-state index < -0.39 is 5.91 Å². The number of nitrogens with one attached hydrogen (secondary N) is 1. The first kappa shape index (κ1) is 13.9. The second kappa shape index (κ2) is 6.06. The Morgan fingerprint density at radius 1 is 1.30 bits per heavy atom. The molecule has 0 aliphatic carbocycles. The minimum absolute atomic E-state index is 0.415. The quantitative estimate of drug-likeness (QED) is 0.870. The fourth-order valence-electron chi connectivity index (χ4n) is 1.92. The summed E-state index contributed by atoms with van der Waals surface area (Å²) in [6.07, 6.45) is 1.76. The number of benzene rings is 1. The Morgan fingerprint density at radius 3 is 2.80 bits per heavy atom. The van der Waals surface area contributed by atoms with Crippen molar-refractivity contribution < 1.29 is 4.79 Å². The molecule has 1 aromatic carbocycles. The van der Waals surface area contributed by atoms with Crippen LogP contribution in [0, 0.1) is 0 Å². The number of aromatic nitrogens is 1. The van der Waals surface area contributed by atoms with Crippen LogP contribution in [0.4, 0.5) is 11.5 Å². The van der Waals surface area contributed by atoms with Crippen molar-refractivity contribution in [3.63, 3.8) is 0 Å². The number of hydrogen-bond acceptors (Lipinski definition) is 4. The number of pyridine rings is 1. The third kappa shape index (κ3) is 3.26. The number of carbonyl (C=O) groups excluding carboxylic acids is 1. The molecule has 3 N–H and O–H groups in total. The molecule has 0 radical (unpaired) electrons. The number of anilines is 2. The molecule has 0 atom stereocenters. The SMILES string of the molecule is CN(C)c1ncccc1NCc1cccc(C(N)=O)c1. The van der Waals surface area contributed by atoms with Gasteiger partial charge in [0.15, 0.2) is 5.82 Å². The lowest BCUT2D eigenvalue weighted by atomic mass is 10.1. The van der Waals surface area contributed by atoms with E-state index in [1.807, 2.05) is 43.3 Å². The van der Waals surface area contributed by atoms with Gasteiger partial charge < -0.3 is 16.0 Å². The standard InChI is InChI=1S/C15H18N4O/c1-19(2)15-13(7-4-8-17-15)18-10-11-5-3-6-12(9-11)14(16)20/h3-9,18H,10H2,1-2H3,(H2,16,20). The number of carbonyl (C=O) groups is 1. The zero-order chi connectivity index (χ0) is 14.5. The largest absolute Gasteiger partial charge is 0.378 e. The summed E-state index contributed by atoms with van der Waals surface area (Å²) in [5.41, 5.74) is 7.74. The van der Waals surface area contributed by atoms with Gasteiger partial charge in [0.25, 0.3) is 0 Å². The van der Waals surface area contributed by atoms with Crippen molar-refractivity contribution in [2.75, 3.05) is 24.3 Å². The van der Waals surface area contributed by atoms with Crippen LogP contribution in [0.3, 0.4) is 0 Å². The topological polar surface area (TPSA) is 71.2 Å². The highest BCUT2D eigenvalue weighted by Crippen LogP contribution is 2.21. The second-order valence-electron chi connectivity index (χ2n) is 4.69. The van der Waals surface area contributed by atoms with Gasteiger partial charge in [0, 0.05) is 32.4 Å². The predicted molar refractivity (Wildman–Crippen MR) is 80.9 cm³/mol. The summed E-state index contributed by atoms with van der Waals surface area (Å²) < 4.78 is 0. The fourth-order valence-corrected chi connectivity index (χ4v) is 1.92. The molecule has 0 bridgehead atoms. The summed E-state index contributed by atoms with van der Waals surface area (Å²) in [7, 11) is 3.89. The Balaban J connectivity index is 2.13. The molecule has 0 fully saturated rings. The van der Waals surface area contributed by atoms with Crippen LogP contribution >= 0.6 is 0 Å². The van der Waals surface area contributed by atoms with Gasteiger partial charge in [0.1, 0.15) is 0 Å². The van der Waals surface area contributed by atoms with Crippen molar-refractivity contribution in [2.45, 2.75) is 6.54 Å². The van der Waals surface area contributed by atoms with Crippen molar-refractivity contribution in [1.82, 2.24) is 4.98 Å². The van der Waals surface area contributed by atoms with Crippen LogP contribution in [-0.4, -0.2) is 25.0 Å². The zero-order valence-electron chi connectivity index (χ0n) is 11.6. The van der Waals surface area contributed by atoms with Crippen molar-refractivity contribution in [3.05, 3.63) is 53.7 Å². The Morgan fingerprint density at radius 2 is 2.10 bits per heavy atom. The fraction of sp³-hybridized carbons (Fsp3) is 0.200. The lowest BCUT2D eigenvalue weighted by Gasteiger charge is -2.17. The van der Waals surface area contributed by atoms with Gasteiger partial charge >= 0.3 is 0 Å². The van der Waals surface area contributed by atoms with E-state index in [0.717, 1.165) is 17.1 Å². The average Bonchev–Trinajstić information content (AvgIpc) is 2.45. The molecule has 0 saturated heterocycles. The zero-order valence-corrected chi connectivity index (χ0v) is 11.6. The average molecular weight is 270 g/mol. The van der Waals surface area contributed by atoms with E-state index in [2.05, 4.69) is 10.3 Å². The van der Waals surface area contributed by atoms with Crippen LogP contribution in [0.25, 0.3) is 0 Å². The number of primary amides is 1. The lowest BCUT2D eigenvalue weighted by Crippen LogP contribution is -2.14. The summed E-state index contributed by atoms with van der Waals surface area (Å²) >= 11 is 0. The van der Waals surface area contributed by atoms with Gasteiger partial charge in [-0.1, -0.05) is 12.1 Å². The summed E-state index contributed by atoms with van der Waals surface area (Å²) in [6, 6.07) is 11.1. The van der Waals surface area contributed by atoms with Crippen LogP contribution < -0.4 is 16.0 Å². The van der Waals surface area contributed by atoms with Gasteiger partial charge in [-0.05, 0) is 29.8 Å². The number of amides is 1. The molecule has 20 heavy (non-hydrogen) atoms. The molecule has 2 rings (SSSR count). The maximum absolute atomic E-state index is 11.2. The van der Waals surface area contributed by atoms with E-state index in [-0.39, 0.29) is 0 Å². The number of hydrogen-bond donors (Lipinski definition) is 2. The van der Waals surface area contributed by atoms with Crippen LogP contribution in [0.1, 0.15) is 15.9 Å². The van der Waals surface area contributed by atoms with Gasteiger partial charge in [-0.15, -0.1) is 0 Å². The molecule has 104 valence electrons. The molecular weight excluding hydrogens is 252 g/mol. The number of rotatable bonds is 5. The van der Waals surface area contributed by atoms with Gasteiger partial charge in [0.05, 0.1) is 5.69 Å². The van der Waals surface area contributed by atoms with Crippen molar-refractivity contribution in [2.24, 2.45) is 5.73 Å². The minimum atomic E-state index is -0.415. The van der Waals surface area contributed by atoms with Crippen molar-refractivity contribution >= 4 is 17.4 Å². The first-order valence-corrected chi connectivity index (χ1v) is 6.33. The van der Waals surface area contributed by atoms with E-state index in [0.29, 0.717) is 12.1 Å². The van der Waals surface area contributed by atoms with E-state index in [1.54, 1.807) is 18.3 Å². The molecule has 1 aromatic heterocycles. The van der Waals surface area contributed by atoms with Gasteiger partial charge in [0.2, 0.25) is 5.91 Å². The molecule has 2 aromatic rings. The third-order valence-corrected chi connectivity index (χ3v) is 2.90. The number of nitrogens with zero attached hydrogens (tertiary/aromatic N) is 2. The van der Waals surface area contributed by atoms with E-state index in [9.17, 15) is 4.79 Å². The van der Waals surface area contributed by atoms with Crippen molar-refractivity contribution in [3.8, 4) is 0 Å². The second-order valence-corrected chi connectivity index (χ2v) is 4.69. The van der Waals surface area contributed by atoms with Crippen LogP contribution in [0.5, 0.6) is 0 Å². The van der Waals surface area contributed by atoms with Crippen LogP contribution in [-0.2, 0) is 6.54 Å². The van der Waals surface area contributed by atoms with Crippen molar-refractivity contribution in [1.29, 1.82) is 0 Å². The predicted octanol–water partition coefficient (Wildman–Crippen LogP) is 1.86. The Kier molecular flexibility index (Phi) is 4.20. The molecular formula is C15H18N4O. The lowest BCUT2D eigenvalue weighted by molar-refractivity contribution is 0.1000. The molecule has 1 heterocycles. The monoisotopic (exact) mass is 270 g/mol. The summed E-state index contributed by atoms with van der Waals surface area (Å²) in [4.78, 5) is 17.4. The third-order valence-electron chi connectivity index (χ3n) is 2.90. The Labute approximate surface area is 118 Å². The molecule has 5 heteroatoms. The molecule has 0 aliphatic rings.